The lowest BCUT2D eigenvalue weighted by Gasteiger charge is -2.37. The molecule has 24 heavy (non-hydrogen) atoms. The minimum Gasteiger partial charge on any atom is -0.354 e. The summed E-state index contributed by atoms with van der Waals surface area (Å²) in [6, 6.07) is 11.3. The van der Waals surface area contributed by atoms with E-state index in [-0.39, 0.29) is 5.91 Å². The standard InChI is InChI=1S/C20H31N3O/c1-16-9-12-23(13-10-16)19(17-6-3-2-4-7-17)15-22-20(24)14-18-8-5-11-21-18/h2-4,6-7,16,18-19,21H,5,8-15H2,1H3,(H,22,24). The molecular weight excluding hydrogens is 298 g/mol. The summed E-state index contributed by atoms with van der Waals surface area (Å²) in [5.41, 5.74) is 1.31. The molecule has 1 aromatic rings. The number of hydrogen-bond acceptors (Lipinski definition) is 3. The molecule has 1 aromatic carbocycles. The summed E-state index contributed by atoms with van der Waals surface area (Å²) in [4.78, 5) is 14.8. The molecule has 4 heteroatoms. The van der Waals surface area contributed by atoms with E-state index in [9.17, 15) is 4.79 Å². The summed E-state index contributed by atoms with van der Waals surface area (Å²) in [6.07, 6.45) is 5.43. The number of piperidine rings is 1. The predicted molar refractivity (Wildman–Crippen MR) is 97.8 cm³/mol. The molecule has 0 bridgehead atoms. The average molecular weight is 329 g/mol. The molecule has 2 fully saturated rings. The number of nitrogens with one attached hydrogen (secondary N) is 2. The highest BCUT2D eigenvalue weighted by atomic mass is 16.1. The summed E-state index contributed by atoms with van der Waals surface area (Å²) in [5.74, 6) is 1.00. The Morgan fingerprint density at radius 2 is 2.00 bits per heavy atom. The van der Waals surface area contributed by atoms with Crippen LogP contribution < -0.4 is 10.6 Å². The van der Waals surface area contributed by atoms with Crippen LogP contribution in [0.15, 0.2) is 30.3 Å². The molecule has 1 amide bonds. The fraction of sp³-hybridized carbons (Fsp3) is 0.650. The van der Waals surface area contributed by atoms with Crippen molar-refractivity contribution in [2.75, 3.05) is 26.2 Å². The molecule has 2 saturated heterocycles. The Morgan fingerprint density at radius 1 is 1.25 bits per heavy atom. The van der Waals surface area contributed by atoms with Crippen molar-refractivity contribution in [3.05, 3.63) is 35.9 Å². The minimum atomic E-state index is 0.181. The van der Waals surface area contributed by atoms with Crippen molar-refractivity contribution in [3.63, 3.8) is 0 Å². The molecule has 2 aliphatic heterocycles. The van der Waals surface area contributed by atoms with Gasteiger partial charge in [-0.1, -0.05) is 37.3 Å². The maximum absolute atomic E-state index is 12.3. The van der Waals surface area contributed by atoms with Gasteiger partial charge in [0.1, 0.15) is 0 Å². The molecule has 0 saturated carbocycles. The fourth-order valence-corrected chi connectivity index (χ4v) is 3.91. The van der Waals surface area contributed by atoms with E-state index >= 15 is 0 Å². The molecule has 0 radical (unpaired) electrons. The van der Waals surface area contributed by atoms with Gasteiger partial charge in [-0.25, -0.2) is 0 Å². The first-order valence-corrected chi connectivity index (χ1v) is 9.51. The Labute approximate surface area is 146 Å². The maximum atomic E-state index is 12.3. The number of nitrogens with zero attached hydrogens (tertiary/aromatic N) is 1. The van der Waals surface area contributed by atoms with Crippen molar-refractivity contribution >= 4 is 5.91 Å². The second-order valence-corrected chi connectivity index (χ2v) is 7.45. The van der Waals surface area contributed by atoms with Crippen molar-refractivity contribution < 1.29 is 4.79 Å². The van der Waals surface area contributed by atoms with Crippen molar-refractivity contribution in [2.24, 2.45) is 5.92 Å². The maximum Gasteiger partial charge on any atom is 0.221 e. The van der Waals surface area contributed by atoms with Crippen LogP contribution in [-0.2, 0) is 4.79 Å². The monoisotopic (exact) mass is 329 g/mol. The molecule has 2 aliphatic rings. The number of hydrogen-bond donors (Lipinski definition) is 2. The average Bonchev–Trinajstić information content (AvgIpc) is 3.10. The Hall–Kier alpha value is -1.39. The number of carbonyl (C=O) groups is 1. The van der Waals surface area contributed by atoms with Crippen LogP contribution in [0.25, 0.3) is 0 Å². The fourth-order valence-electron chi connectivity index (χ4n) is 3.91. The van der Waals surface area contributed by atoms with Gasteiger partial charge in [0.25, 0.3) is 0 Å². The van der Waals surface area contributed by atoms with Crippen molar-refractivity contribution in [1.29, 1.82) is 0 Å². The second-order valence-electron chi connectivity index (χ2n) is 7.45. The lowest BCUT2D eigenvalue weighted by molar-refractivity contribution is -0.121. The summed E-state index contributed by atoms with van der Waals surface area (Å²) in [6.45, 7) is 6.35. The van der Waals surface area contributed by atoms with Crippen LogP contribution in [0.5, 0.6) is 0 Å². The first-order chi connectivity index (χ1) is 11.7. The largest absolute Gasteiger partial charge is 0.354 e. The van der Waals surface area contributed by atoms with Crippen LogP contribution in [0.2, 0.25) is 0 Å². The quantitative estimate of drug-likeness (QED) is 0.843. The van der Waals surface area contributed by atoms with Crippen LogP contribution in [0.3, 0.4) is 0 Å². The topological polar surface area (TPSA) is 44.4 Å². The Morgan fingerprint density at radius 3 is 2.67 bits per heavy atom. The molecule has 2 heterocycles. The van der Waals surface area contributed by atoms with E-state index in [0.29, 0.717) is 25.0 Å². The molecule has 0 spiro atoms. The Bertz CT molecular complexity index is 505. The van der Waals surface area contributed by atoms with Crippen LogP contribution >= 0.6 is 0 Å². The Balaban J connectivity index is 1.58. The highest BCUT2D eigenvalue weighted by Crippen LogP contribution is 2.26. The molecule has 132 valence electrons. The second kappa shape index (κ2) is 8.63. The lowest BCUT2D eigenvalue weighted by Crippen LogP contribution is -2.42. The van der Waals surface area contributed by atoms with Gasteiger partial charge in [0.2, 0.25) is 5.91 Å². The van der Waals surface area contributed by atoms with E-state index in [1.54, 1.807) is 0 Å². The van der Waals surface area contributed by atoms with Gasteiger partial charge in [-0.2, -0.15) is 0 Å². The zero-order valence-corrected chi connectivity index (χ0v) is 14.8. The van der Waals surface area contributed by atoms with E-state index < -0.39 is 0 Å². The normalized spacial score (nSPS) is 24.0. The summed E-state index contributed by atoms with van der Waals surface area (Å²) in [5, 5.41) is 6.60. The summed E-state index contributed by atoms with van der Waals surface area (Å²) < 4.78 is 0. The van der Waals surface area contributed by atoms with Gasteiger partial charge in [-0.05, 0) is 56.8 Å². The molecule has 0 aliphatic carbocycles. The summed E-state index contributed by atoms with van der Waals surface area (Å²) >= 11 is 0. The van der Waals surface area contributed by atoms with Gasteiger partial charge >= 0.3 is 0 Å². The van der Waals surface area contributed by atoms with Gasteiger partial charge in [0, 0.05) is 19.0 Å². The van der Waals surface area contributed by atoms with E-state index in [4.69, 9.17) is 0 Å². The van der Waals surface area contributed by atoms with Gasteiger partial charge in [0.15, 0.2) is 0 Å². The van der Waals surface area contributed by atoms with Crippen LogP contribution in [-0.4, -0.2) is 43.0 Å². The zero-order chi connectivity index (χ0) is 16.8. The molecule has 0 aromatic heterocycles. The minimum absolute atomic E-state index is 0.181. The first-order valence-electron chi connectivity index (χ1n) is 9.51. The first kappa shape index (κ1) is 17.4. The number of amides is 1. The predicted octanol–water partition coefficient (Wildman–Crippen LogP) is 2.72. The summed E-state index contributed by atoms with van der Waals surface area (Å²) in [7, 11) is 0. The highest BCUT2D eigenvalue weighted by molar-refractivity contribution is 5.76. The zero-order valence-electron chi connectivity index (χ0n) is 14.8. The van der Waals surface area contributed by atoms with E-state index in [1.165, 1.54) is 24.8 Å². The van der Waals surface area contributed by atoms with Crippen molar-refractivity contribution in [1.82, 2.24) is 15.5 Å². The molecule has 2 atom stereocenters. The Kier molecular flexibility index (Phi) is 6.27. The number of benzene rings is 1. The number of carbonyl (C=O) groups excluding carboxylic acids is 1. The lowest BCUT2D eigenvalue weighted by atomic mass is 9.95. The van der Waals surface area contributed by atoms with Crippen molar-refractivity contribution in [2.45, 2.75) is 51.1 Å². The van der Waals surface area contributed by atoms with Crippen LogP contribution in [0.1, 0.15) is 50.6 Å². The highest BCUT2D eigenvalue weighted by Gasteiger charge is 2.25. The van der Waals surface area contributed by atoms with Gasteiger partial charge in [-0.15, -0.1) is 0 Å². The third-order valence-electron chi connectivity index (χ3n) is 5.53. The van der Waals surface area contributed by atoms with E-state index in [1.807, 2.05) is 0 Å². The SMILES string of the molecule is CC1CCN(C(CNC(=O)CC2CCCN2)c2ccccc2)CC1. The molecular formula is C20H31N3O. The number of rotatable bonds is 6. The third-order valence-corrected chi connectivity index (χ3v) is 5.53. The van der Waals surface area contributed by atoms with Gasteiger partial charge in [-0.3, -0.25) is 9.69 Å². The van der Waals surface area contributed by atoms with Gasteiger partial charge in [0.05, 0.1) is 6.04 Å². The van der Waals surface area contributed by atoms with Crippen molar-refractivity contribution in [3.8, 4) is 0 Å². The van der Waals surface area contributed by atoms with E-state index in [0.717, 1.165) is 32.0 Å². The third kappa shape index (κ3) is 4.81. The molecule has 2 unspecified atom stereocenters. The van der Waals surface area contributed by atoms with E-state index in [2.05, 4.69) is 52.8 Å². The number of likely N-dealkylation sites (tertiary alicyclic amines) is 1. The smallest absolute Gasteiger partial charge is 0.221 e. The van der Waals surface area contributed by atoms with Gasteiger partial charge < -0.3 is 10.6 Å². The molecule has 4 nitrogen and oxygen atoms in total. The molecule has 3 rings (SSSR count). The van der Waals surface area contributed by atoms with Crippen LogP contribution in [0.4, 0.5) is 0 Å². The van der Waals surface area contributed by atoms with Crippen LogP contribution in [0, 0.1) is 5.92 Å². The molecule has 2 N–H and O–H groups in total.